The Morgan fingerprint density at radius 3 is 2.85 bits per heavy atom. The normalized spacial score (nSPS) is 34.8. The second kappa shape index (κ2) is 4.97. The van der Waals surface area contributed by atoms with Crippen molar-refractivity contribution in [2.24, 2.45) is 11.3 Å². The molecular weight excluding hydrogens is 162 g/mol. The molecule has 1 rings (SSSR count). The summed E-state index contributed by atoms with van der Waals surface area (Å²) >= 11 is 0. The summed E-state index contributed by atoms with van der Waals surface area (Å²) in [5.41, 5.74) is 0.413. The summed E-state index contributed by atoms with van der Waals surface area (Å²) < 4.78 is 5.58. The topological polar surface area (TPSA) is 21.3 Å². The highest BCUT2D eigenvalue weighted by molar-refractivity contribution is 4.87. The predicted octanol–water partition coefficient (Wildman–Crippen LogP) is 2.05. The van der Waals surface area contributed by atoms with Crippen molar-refractivity contribution in [2.75, 3.05) is 26.3 Å². The first kappa shape index (κ1) is 11.0. The Morgan fingerprint density at radius 2 is 2.23 bits per heavy atom. The standard InChI is InChI=1S/C11H23NO/c1-4-10-8-12-7-6-11(10,3)9-13-5-2/h10,12H,4-9H2,1-3H3. The van der Waals surface area contributed by atoms with Gasteiger partial charge in [-0.1, -0.05) is 20.3 Å². The maximum Gasteiger partial charge on any atom is 0.0523 e. The average molecular weight is 185 g/mol. The molecule has 13 heavy (non-hydrogen) atoms. The van der Waals surface area contributed by atoms with Crippen LogP contribution in [-0.4, -0.2) is 26.3 Å². The van der Waals surface area contributed by atoms with Gasteiger partial charge >= 0.3 is 0 Å². The van der Waals surface area contributed by atoms with Crippen LogP contribution in [0.15, 0.2) is 0 Å². The zero-order valence-electron chi connectivity index (χ0n) is 9.23. The van der Waals surface area contributed by atoms with Gasteiger partial charge < -0.3 is 10.1 Å². The number of hydrogen-bond donors (Lipinski definition) is 1. The van der Waals surface area contributed by atoms with Gasteiger partial charge in [-0.15, -0.1) is 0 Å². The maximum atomic E-state index is 5.58. The monoisotopic (exact) mass is 185 g/mol. The van der Waals surface area contributed by atoms with Crippen molar-refractivity contribution in [3.63, 3.8) is 0 Å². The molecular formula is C11H23NO. The zero-order valence-corrected chi connectivity index (χ0v) is 9.23. The fraction of sp³-hybridized carbons (Fsp3) is 1.00. The first-order valence-electron chi connectivity index (χ1n) is 5.51. The molecule has 1 aliphatic rings. The fourth-order valence-corrected chi connectivity index (χ4v) is 2.26. The summed E-state index contributed by atoms with van der Waals surface area (Å²) in [5, 5.41) is 3.46. The molecule has 78 valence electrons. The third kappa shape index (κ3) is 2.68. The Hall–Kier alpha value is -0.0800. The van der Waals surface area contributed by atoms with Crippen molar-refractivity contribution in [3.05, 3.63) is 0 Å². The van der Waals surface area contributed by atoms with E-state index in [1.807, 2.05) is 0 Å². The lowest BCUT2D eigenvalue weighted by Gasteiger charge is -2.41. The van der Waals surface area contributed by atoms with Crippen LogP contribution in [0.2, 0.25) is 0 Å². The number of rotatable bonds is 4. The molecule has 1 aliphatic heterocycles. The molecule has 0 aromatic carbocycles. The lowest BCUT2D eigenvalue weighted by Crippen LogP contribution is -2.45. The van der Waals surface area contributed by atoms with Crippen molar-refractivity contribution in [1.29, 1.82) is 0 Å². The van der Waals surface area contributed by atoms with Crippen LogP contribution in [0.1, 0.15) is 33.6 Å². The van der Waals surface area contributed by atoms with Gasteiger partial charge in [0.05, 0.1) is 6.61 Å². The van der Waals surface area contributed by atoms with E-state index in [2.05, 4.69) is 26.1 Å². The van der Waals surface area contributed by atoms with Crippen LogP contribution < -0.4 is 5.32 Å². The molecule has 0 amide bonds. The van der Waals surface area contributed by atoms with Crippen LogP contribution in [0.5, 0.6) is 0 Å². The molecule has 0 spiro atoms. The zero-order chi connectivity index (χ0) is 9.73. The van der Waals surface area contributed by atoms with Crippen LogP contribution in [0, 0.1) is 11.3 Å². The second-order valence-corrected chi connectivity index (χ2v) is 4.35. The minimum absolute atomic E-state index is 0.413. The Kier molecular flexibility index (Phi) is 4.20. The van der Waals surface area contributed by atoms with Gasteiger partial charge in [-0.2, -0.15) is 0 Å². The van der Waals surface area contributed by atoms with Crippen molar-refractivity contribution >= 4 is 0 Å². The SMILES string of the molecule is CCOCC1(C)CCNCC1CC. The summed E-state index contributed by atoms with van der Waals surface area (Å²) in [6.07, 6.45) is 2.52. The van der Waals surface area contributed by atoms with Crippen molar-refractivity contribution in [1.82, 2.24) is 5.32 Å². The van der Waals surface area contributed by atoms with E-state index in [-0.39, 0.29) is 0 Å². The number of ether oxygens (including phenoxy) is 1. The molecule has 0 aromatic rings. The summed E-state index contributed by atoms with van der Waals surface area (Å²) in [5.74, 6) is 0.785. The number of piperidine rings is 1. The van der Waals surface area contributed by atoms with E-state index < -0.39 is 0 Å². The van der Waals surface area contributed by atoms with Gasteiger partial charge in [-0.05, 0) is 37.8 Å². The Morgan fingerprint density at radius 1 is 1.46 bits per heavy atom. The third-order valence-electron chi connectivity index (χ3n) is 3.38. The Balaban J connectivity index is 2.49. The van der Waals surface area contributed by atoms with Crippen LogP contribution in [0.4, 0.5) is 0 Å². The van der Waals surface area contributed by atoms with Gasteiger partial charge in [0, 0.05) is 6.61 Å². The van der Waals surface area contributed by atoms with Crippen molar-refractivity contribution in [3.8, 4) is 0 Å². The van der Waals surface area contributed by atoms with Crippen LogP contribution in [0.3, 0.4) is 0 Å². The van der Waals surface area contributed by atoms with E-state index in [4.69, 9.17) is 4.74 Å². The summed E-state index contributed by atoms with van der Waals surface area (Å²) in [6.45, 7) is 10.8. The summed E-state index contributed by atoms with van der Waals surface area (Å²) in [6, 6.07) is 0. The lowest BCUT2D eigenvalue weighted by atomic mass is 9.72. The molecule has 0 saturated carbocycles. The molecule has 0 aromatic heterocycles. The molecule has 2 unspecified atom stereocenters. The van der Waals surface area contributed by atoms with E-state index in [9.17, 15) is 0 Å². The number of hydrogen-bond acceptors (Lipinski definition) is 2. The smallest absolute Gasteiger partial charge is 0.0523 e. The molecule has 1 fully saturated rings. The highest BCUT2D eigenvalue weighted by atomic mass is 16.5. The minimum atomic E-state index is 0.413. The highest BCUT2D eigenvalue weighted by Crippen LogP contribution is 2.35. The van der Waals surface area contributed by atoms with Crippen molar-refractivity contribution in [2.45, 2.75) is 33.6 Å². The van der Waals surface area contributed by atoms with Crippen molar-refractivity contribution < 1.29 is 4.74 Å². The third-order valence-corrected chi connectivity index (χ3v) is 3.38. The Labute approximate surface area is 82.0 Å². The Bertz CT molecular complexity index is 149. The molecule has 1 saturated heterocycles. The van der Waals surface area contributed by atoms with Crippen LogP contribution in [0.25, 0.3) is 0 Å². The van der Waals surface area contributed by atoms with Gasteiger partial charge in [0.25, 0.3) is 0 Å². The van der Waals surface area contributed by atoms with Gasteiger partial charge in [0.15, 0.2) is 0 Å². The summed E-state index contributed by atoms with van der Waals surface area (Å²) in [7, 11) is 0. The number of nitrogens with one attached hydrogen (secondary N) is 1. The second-order valence-electron chi connectivity index (χ2n) is 4.35. The lowest BCUT2D eigenvalue weighted by molar-refractivity contribution is 0.00311. The molecule has 0 aliphatic carbocycles. The molecule has 2 nitrogen and oxygen atoms in total. The van der Waals surface area contributed by atoms with Gasteiger partial charge in [-0.3, -0.25) is 0 Å². The van der Waals surface area contributed by atoms with E-state index >= 15 is 0 Å². The molecule has 0 bridgehead atoms. The quantitative estimate of drug-likeness (QED) is 0.724. The highest BCUT2D eigenvalue weighted by Gasteiger charge is 2.35. The fourth-order valence-electron chi connectivity index (χ4n) is 2.26. The van der Waals surface area contributed by atoms with E-state index in [1.54, 1.807) is 0 Å². The first-order chi connectivity index (χ1) is 6.23. The average Bonchev–Trinajstić information content (AvgIpc) is 2.16. The van der Waals surface area contributed by atoms with E-state index in [0.29, 0.717) is 5.41 Å². The summed E-state index contributed by atoms with van der Waals surface area (Å²) in [4.78, 5) is 0. The predicted molar refractivity (Wildman–Crippen MR) is 55.9 cm³/mol. The first-order valence-corrected chi connectivity index (χ1v) is 5.51. The molecule has 0 radical (unpaired) electrons. The van der Waals surface area contributed by atoms with Crippen LogP contribution in [-0.2, 0) is 4.74 Å². The van der Waals surface area contributed by atoms with E-state index in [1.165, 1.54) is 19.4 Å². The molecule has 1 heterocycles. The largest absolute Gasteiger partial charge is 0.381 e. The van der Waals surface area contributed by atoms with Gasteiger partial charge in [0.1, 0.15) is 0 Å². The molecule has 2 atom stereocenters. The van der Waals surface area contributed by atoms with Gasteiger partial charge in [-0.25, -0.2) is 0 Å². The van der Waals surface area contributed by atoms with E-state index in [0.717, 1.165) is 25.7 Å². The molecule has 1 N–H and O–H groups in total. The van der Waals surface area contributed by atoms with Crippen LogP contribution >= 0.6 is 0 Å². The minimum Gasteiger partial charge on any atom is -0.381 e. The van der Waals surface area contributed by atoms with Gasteiger partial charge in [0.2, 0.25) is 0 Å². The maximum absolute atomic E-state index is 5.58. The molecule has 2 heteroatoms.